The highest BCUT2D eigenvalue weighted by Gasteiger charge is 2.31. The first kappa shape index (κ1) is 8.96. The molecule has 1 rings (SSSR count). The second-order valence-electron chi connectivity index (χ2n) is 2.38. The second-order valence-corrected chi connectivity index (χ2v) is 2.38. The summed E-state index contributed by atoms with van der Waals surface area (Å²) in [6.07, 6.45) is -2.93. The molecule has 0 amide bonds. The van der Waals surface area contributed by atoms with E-state index in [1.165, 1.54) is 0 Å². The summed E-state index contributed by atoms with van der Waals surface area (Å²) in [6, 6.07) is -0.907. The average Bonchev–Trinajstić information content (AvgIpc) is 1.97. The predicted molar refractivity (Wildman–Crippen MR) is 36.7 cm³/mol. The highest BCUT2D eigenvalue weighted by atomic mass is 16.5. The van der Waals surface area contributed by atoms with E-state index in [0.717, 1.165) is 0 Å². The Morgan fingerprint density at radius 1 is 1.36 bits per heavy atom. The van der Waals surface area contributed by atoms with Crippen LogP contribution in [0, 0.1) is 0 Å². The molecule has 62 valence electrons. The molecule has 1 saturated heterocycles. The van der Waals surface area contributed by atoms with E-state index in [9.17, 15) is 0 Å². The van der Waals surface area contributed by atoms with Crippen molar-refractivity contribution < 1.29 is 20.1 Å². The van der Waals surface area contributed by atoms with Crippen LogP contribution in [0.15, 0.2) is 0 Å². The van der Waals surface area contributed by atoms with E-state index in [1.807, 2.05) is 0 Å². The van der Waals surface area contributed by atoms with Crippen LogP contribution in [0.4, 0.5) is 0 Å². The maximum absolute atomic E-state index is 9.05. The summed E-state index contributed by atoms with van der Waals surface area (Å²) >= 11 is 0. The predicted octanol–water partition coefficient (Wildman–Crippen LogP) is -2.90. The van der Waals surface area contributed by atoms with E-state index in [-0.39, 0.29) is 6.61 Å². The van der Waals surface area contributed by atoms with Crippen molar-refractivity contribution >= 4 is 7.85 Å². The van der Waals surface area contributed by atoms with E-state index >= 15 is 0 Å². The van der Waals surface area contributed by atoms with Gasteiger partial charge in [0, 0.05) is 0 Å². The third kappa shape index (κ3) is 1.91. The van der Waals surface area contributed by atoms with Crippen LogP contribution in [0.2, 0.25) is 0 Å². The molecule has 0 aliphatic carbocycles. The van der Waals surface area contributed by atoms with Gasteiger partial charge in [0.15, 0.2) is 0 Å². The van der Waals surface area contributed by atoms with Gasteiger partial charge in [0.2, 0.25) is 0 Å². The maximum atomic E-state index is 9.05. The van der Waals surface area contributed by atoms with Crippen molar-refractivity contribution in [1.29, 1.82) is 0 Å². The minimum atomic E-state index is -1.09. The molecule has 4 atom stereocenters. The van der Waals surface area contributed by atoms with Crippen molar-refractivity contribution in [2.24, 2.45) is 0 Å². The molecule has 1 aliphatic heterocycles. The molecule has 2 radical (unpaired) electrons. The quantitative estimate of drug-likeness (QED) is 0.308. The first-order chi connectivity index (χ1) is 5.15. The zero-order valence-corrected chi connectivity index (χ0v) is 5.84. The van der Waals surface area contributed by atoms with E-state index in [1.54, 1.807) is 0 Å². The molecular weight excluding hydrogens is 149 g/mol. The van der Waals surface area contributed by atoms with Crippen molar-refractivity contribution in [1.82, 2.24) is 5.32 Å². The lowest BCUT2D eigenvalue weighted by Gasteiger charge is -2.36. The molecular formula is C5H10BNO4. The topological polar surface area (TPSA) is 82.0 Å². The number of nitrogens with one attached hydrogen (secondary N) is 1. The van der Waals surface area contributed by atoms with Gasteiger partial charge in [0.1, 0.15) is 26.4 Å². The number of rotatable bonds is 1. The fourth-order valence-corrected chi connectivity index (χ4v) is 0.871. The summed E-state index contributed by atoms with van der Waals surface area (Å²) in [6.45, 7) is -0.339. The van der Waals surface area contributed by atoms with Gasteiger partial charge in [-0.3, -0.25) is 5.32 Å². The van der Waals surface area contributed by atoms with Crippen LogP contribution in [0.3, 0.4) is 0 Å². The molecule has 0 aromatic rings. The lowest BCUT2D eigenvalue weighted by atomic mass is 9.96. The smallest absolute Gasteiger partial charge is 0.135 e. The third-order valence-corrected chi connectivity index (χ3v) is 1.52. The van der Waals surface area contributed by atoms with Gasteiger partial charge < -0.3 is 20.1 Å². The van der Waals surface area contributed by atoms with Gasteiger partial charge in [-0.15, -0.1) is 0 Å². The summed E-state index contributed by atoms with van der Waals surface area (Å²) in [5.74, 6) is 0. The highest BCUT2D eigenvalue weighted by molar-refractivity contribution is 6.11. The molecule has 2 unspecified atom stereocenters. The van der Waals surface area contributed by atoms with Crippen LogP contribution in [0.1, 0.15) is 0 Å². The number of hydrogen-bond acceptors (Lipinski definition) is 5. The van der Waals surface area contributed by atoms with Crippen molar-refractivity contribution in [2.75, 3.05) is 6.61 Å². The minimum Gasteiger partial charge on any atom is -0.394 e. The first-order valence-electron chi connectivity index (χ1n) is 3.29. The van der Waals surface area contributed by atoms with Crippen LogP contribution >= 0.6 is 0 Å². The van der Waals surface area contributed by atoms with Crippen molar-refractivity contribution in [3.63, 3.8) is 0 Å². The lowest BCUT2D eigenvalue weighted by molar-refractivity contribution is -0.172. The molecule has 1 aliphatic rings. The fraction of sp³-hybridized carbons (Fsp3) is 1.00. The van der Waals surface area contributed by atoms with Crippen LogP contribution in [0.5, 0.6) is 0 Å². The van der Waals surface area contributed by atoms with Gasteiger partial charge in [-0.2, -0.15) is 0 Å². The van der Waals surface area contributed by atoms with Crippen molar-refractivity contribution in [2.45, 2.75) is 24.6 Å². The monoisotopic (exact) mass is 159 g/mol. The van der Waals surface area contributed by atoms with Crippen molar-refractivity contribution in [3.05, 3.63) is 0 Å². The molecule has 0 aromatic heterocycles. The van der Waals surface area contributed by atoms with Crippen LogP contribution in [0.25, 0.3) is 0 Å². The molecule has 0 spiro atoms. The van der Waals surface area contributed by atoms with Gasteiger partial charge >= 0.3 is 0 Å². The maximum Gasteiger partial charge on any atom is 0.135 e. The summed E-state index contributed by atoms with van der Waals surface area (Å²) in [7, 11) is 5.25. The minimum absolute atomic E-state index is 0.339. The summed E-state index contributed by atoms with van der Waals surface area (Å²) in [4.78, 5) is 0. The molecule has 0 saturated carbocycles. The number of ether oxygens (including phenoxy) is 1. The number of aliphatic hydroxyl groups excluding tert-OH is 3. The van der Waals surface area contributed by atoms with E-state index in [0.29, 0.717) is 0 Å². The van der Waals surface area contributed by atoms with Gasteiger partial charge in [0.25, 0.3) is 0 Å². The highest BCUT2D eigenvalue weighted by Crippen LogP contribution is 2.08. The zero-order chi connectivity index (χ0) is 8.43. The summed E-state index contributed by atoms with van der Waals surface area (Å²) in [5.41, 5.74) is 0. The Morgan fingerprint density at radius 2 is 2.00 bits per heavy atom. The van der Waals surface area contributed by atoms with Crippen LogP contribution in [-0.4, -0.2) is 54.3 Å². The standard InChI is InChI=1S/C5H10BNO4/c6-3-5(10)7-4(9)2(1-8)11-3/h2-5,7-10H,1H2/t2-,3-,4?,5?/m1/s1. The Morgan fingerprint density at radius 3 is 2.55 bits per heavy atom. The van der Waals surface area contributed by atoms with Gasteiger partial charge in [-0.05, 0) is 0 Å². The Kier molecular flexibility index (Phi) is 2.86. The largest absolute Gasteiger partial charge is 0.394 e. The number of hydrogen-bond donors (Lipinski definition) is 4. The Labute approximate surface area is 65.4 Å². The van der Waals surface area contributed by atoms with Crippen molar-refractivity contribution in [3.8, 4) is 0 Å². The van der Waals surface area contributed by atoms with E-state index in [4.69, 9.17) is 27.9 Å². The third-order valence-electron chi connectivity index (χ3n) is 1.52. The zero-order valence-electron chi connectivity index (χ0n) is 5.84. The van der Waals surface area contributed by atoms with Gasteiger partial charge in [-0.25, -0.2) is 0 Å². The van der Waals surface area contributed by atoms with Crippen LogP contribution < -0.4 is 5.32 Å². The Balaban J connectivity index is 2.48. The van der Waals surface area contributed by atoms with E-state index in [2.05, 4.69) is 5.32 Å². The Hall–Kier alpha value is -0.135. The molecule has 6 heteroatoms. The lowest BCUT2D eigenvalue weighted by Crippen LogP contribution is -2.59. The SMILES string of the molecule is [B][C@@H]1O[C@H](CO)C(O)NC1O. The fourth-order valence-electron chi connectivity index (χ4n) is 0.871. The van der Waals surface area contributed by atoms with Gasteiger partial charge in [0.05, 0.1) is 12.6 Å². The van der Waals surface area contributed by atoms with Gasteiger partial charge in [-0.1, -0.05) is 0 Å². The van der Waals surface area contributed by atoms with Crippen LogP contribution in [-0.2, 0) is 4.74 Å². The Bertz CT molecular complexity index is 136. The summed E-state index contributed by atoms with van der Waals surface area (Å²) < 4.78 is 4.83. The second kappa shape index (κ2) is 3.51. The van der Waals surface area contributed by atoms with E-state index < -0.39 is 24.6 Å². The normalized spacial score (nSPS) is 45.7. The average molecular weight is 159 g/mol. The molecule has 1 heterocycles. The molecule has 1 fully saturated rings. The summed E-state index contributed by atoms with van der Waals surface area (Å²) in [5, 5.41) is 28.9. The molecule has 5 nitrogen and oxygen atoms in total. The number of morpholine rings is 1. The molecule has 4 N–H and O–H groups in total. The molecule has 0 bridgehead atoms. The first-order valence-corrected chi connectivity index (χ1v) is 3.29. The number of aliphatic hydroxyl groups is 3. The molecule has 0 aromatic carbocycles. The molecule has 11 heavy (non-hydrogen) atoms.